The number of methoxy groups -OCH3 is 1. The highest BCUT2D eigenvalue weighted by Crippen LogP contribution is 2.34. The molecule has 2 rings (SSSR count). The van der Waals surface area contributed by atoms with Crippen molar-refractivity contribution >= 4 is 11.3 Å². The minimum absolute atomic E-state index is 0.950. The molecule has 0 saturated carbocycles. The van der Waals surface area contributed by atoms with Gasteiger partial charge < -0.3 is 4.74 Å². The fourth-order valence-corrected chi connectivity index (χ4v) is 1.94. The van der Waals surface area contributed by atoms with E-state index in [9.17, 15) is 0 Å². The Morgan fingerprint density at radius 1 is 1.23 bits per heavy atom. The highest BCUT2D eigenvalue weighted by atomic mass is 32.1. The molecule has 0 spiro atoms. The van der Waals surface area contributed by atoms with E-state index in [4.69, 9.17) is 4.74 Å². The van der Waals surface area contributed by atoms with Gasteiger partial charge >= 0.3 is 0 Å². The van der Waals surface area contributed by atoms with E-state index < -0.39 is 0 Å². The number of rotatable bonds is 2. The molecule has 2 nitrogen and oxygen atoms in total. The van der Waals surface area contributed by atoms with Crippen molar-refractivity contribution in [2.24, 2.45) is 0 Å². The number of ether oxygens (including phenoxy) is 1. The van der Waals surface area contributed by atoms with Crippen LogP contribution in [0.3, 0.4) is 0 Å². The zero-order valence-corrected chi connectivity index (χ0v) is 8.04. The van der Waals surface area contributed by atoms with Crippen LogP contribution < -0.4 is 4.74 Å². The Bertz CT molecular complexity index is 383. The Hall–Kier alpha value is -1.35. The molecular weight excluding hydrogens is 182 g/mol. The Balaban J connectivity index is 2.47. The van der Waals surface area contributed by atoms with Crippen molar-refractivity contribution in [3.63, 3.8) is 0 Å². The SMILES string of the molecule is COc1sccc1-c1ccncc1. The number of aromatic nitrogens is 1. The molecular formula is C10H9NOS. The second kappa shape index (κ2) is 3.58. The summed E-state index contributed by atoms with van der Waals surface area (Å²) in [5.74, 6) is 0. The summed E-state index contributed by atoms with van der Waals surface area (Å²) in [4.78, 5) is 3.97. The Kier molecular flexibility index (Phi) is 2.27. The van der Waals surface area contributed by atoms with E-state index in [0.717, 1.165) is 16.2 Å². The third-order valence-corrected chi connectivity index (χ3v) is 2.68. The third-order valence-electron chi connectivity index (χ3n) is 1.81. The largest absolute Gasteiger partial charge is 0.487 e. The van der Waals surface area contributed by atoms with Gasteiger partial charge in [-0.1, -0.05) is 0 Å². The van der Waals surface area contributed by atoms with Crippen LogP contribution in [0.4, 0.5) is 0 Å². The predicted molar refractivity (Wildman–Crippen MR) is 54.1 cm³/mol. The molecule has 2 aromatic heterocycles. The predicted octanol–water partition coefficient (Wildman–Crippen LogP) is 2.82. The maximum atomic E-state index is 5.24. The molecule has 0 N–H and O–H groups in total. The third kappa shape index (κ3) is 1.55. The van der Waals surface area contributed by atoms with Gasteiger partial charge in [0.15, 0.2) is 5.06 Å². The van der Waals surface area contributed by atoms with Gasteiger partial charge in [-0.25, -0.2) is 0 Å². The lowest BCUT2D eigenvalue weighted by atomic mass is 10.1. The van der Waals surface area contributed by atoms with Crippen molar-refractivity contribution in [1.82, 2.24) is 4.98 Å². The van der Waals surface area contributed by atoms with Crippen LogP contribution in [0, 0.1) is 0 Å². The Morgan fingerprint density at radius 3 is 2.69 bits per heavy atom. The zero-order valence-electron chi connectivity index (χ0n) is 7.23. The summed E-state index contributed by atoms with van der Waals surface area (Å²) in [5, 5.41) is 2.97. The molecule has 0 aromatic carbocycles. The summed E-state index contributed by atoms with van der Waals surface area (Å²) < 4.78 is 5.24. The van der Waals surface area contributed by atoms with Gasteiger partial charge in [-0.05, 0) is 29.1 Å². The average molecular weight is 191 g/mol. The quantitative estimate of drug-likeness (QED) is 0.728. The monoisotopic (exact) mass is 191 g/mol. The van der Waals surface area contributed by atoms with Gasteiger partial charge in [0, 0.05) is 18.0 Å². The lowest BCUT2D eigenvalue weighted by Crippen LogP contribution is -1.81. The van der Waals surface area contributed by atoms with Crippen molar-refractivity contribution in [3.8, 4) is 16.2 Å². The molecule has 3 heteroatoms. The molecule has 0 unspecified atom stereocenters. The summed E-state index contributed by atoms with van der Waals surface area (Å²) in [6.07, 6.45) is 3.57. The smallest absolute Gasteiger partial charge is 0.181 e. The van der Waals surface area contributed by atoms with Gasteiger partial charge in [0.2, 0.25) is 0 Å². The van der Waals surface area contributed by atoms with Crippen molar-refractivity contribution in [2.75, 3.05) is 7.11 Å². The van der Waals surface area contributed by atoms with Crippen LogP contribution in [0.15, 0.2) is 36.0 Å². The van der Waals surface area contributed by atoms with Crippen molar-refractivity contribution in [2.45, 2.75) is 0 Å². The van der Waals surface area contributed by atoms with E-state index in [-0.39, 0.29) is 0 Å². The van der Waals surface area contributed by atoms with Crippen LogP contribution in [0.1, 0.15) is 0 Å². The van der Waals surface area contributed by atoms with E-state index in [1.54, 1.807) is 30.8 Å². The highest BCUT2D eigenvalue weighted by Gasteiger charge is 2.05. The maximum Gasteiger partial charge on any atom is 0.181 e. The minimum atomic E-state index is 0.950. The summed E-state index contributed by atoms with van der Waals surface area (Å²) in [5.41, 5.74) is 2.28. The fraction of sp³-hybridized carbons (Fsp3) is 0.100. The standard InChI is InChI=1S/C10H9NOS/c1-12-10-9(4-7-13-10)8-2-5-11-6-3-8/h2-7H,1H3. The molecule has 13 heavy (non-hydrogen) atoms. The van der Waals surface area contributed by atoms with Crippen LogP contribution in [0.5, 0.6) is 5.06 Å². The van der Waals surface area contributed by atoms with Gasteiger partial charge in [-0.3, -0.25) is 4.98 Å². The molecule has 0 saturated heterocycles. The molecule has 0 fully saturated rings. The van der Waals surface area contributed by atoms with E-state index >= 15 is 0 Å². The maximum absolute atomic E-state index is 5.24. The summed E-state index contributed by atoms with van der Waals surface area (Å²) in [6.45, 7) is 0. The van der Waals surface area contributed by atoms with Crippen molar-refractivity contribution in [1.29, 1.82) is 0 Å². The molecule has 0 radical (unpaired) electrons. The molecule has 0 atom stereocenters. The molecule has 0 aliphatic carbocycles. The Morgan fingerprint density at radius 2 is 2.00 bits per heavy atom. The topological polar surface area (TPSA) is 22.1 Å². The summed E-state index contributed by atoms with van der Waals surface area (Å²) in [7, 11) is 1.69. The number of hydrogen-bond acceptors (Lipinski definition) is 3. The van der Waals surface area contributed by atoms with Crippen LogP contribution in [0.2, 0.25) is 0 Å². The second-order valence-corrected chi connectivity index (χ2v) is 3.44. The summed E-state index contributed by atoms with van der Waals surface area (Å²) >= 11 is 1.60. The molecule has 0 aliphatic heterocycles. The van der Waals surface area contributed by atoms with Gasteiger partial charge in [-0.2, -0.15) is 0 Å². The average Bonchev–Trinajstić information content (AvgIpc) is 2.67. The van der Waals surface area contributed by atoms with E-state index in [1.165, 1.54) is 0 Å². The van der Waals surface area contributed by atoms with Gasteiger partial charge in [0.25, 0.3) is 0 Å². The van der Waals surface area contributed by atoms with E-state index in [0.29, 0.717) is 0 Å². The lowest BCUT2D eigenvalue weighted by molar-refractivity contribution is 0.428. The van der Waals surface area contributed by atoms with Crippen LogP contribution in [-0.4, -0.2) is 12.1 Å². The first kappa shape index (κ1) is 8.26. The minimum Gasteiger partial charge on any atom is -0.487 e. The summed E-state index contributed by atoms with van der Waals surface area (Å²) in [6, 6.07) is 6.01. The molecule has 66 valence electrons. The normalized spacial score (nSPS) is 9.92. The second-order valence-electron chi connectivity index (χ2n) is 2.56. The first-order chi connectivity index (χ1) is 6.42. The van der Waals surface area contributed by atoms with Crippen molar-refractivity contribution in [3.05, 3.63) is 36.0 Å². The molecule has 2 aromatic rings. The number of pyridine rings is 1. The first-order valence-corrected chi connectivity index (χ1v) is 4.81. The van der Waals surface area contributed by atoms with E-state index in [1.807, 2.05) is 17.5 Å². The molecule has 0 bridgehead atoms. The van der Waals surface area contributed by atoms with Gasteiger partial charge in [-0.15, -0.1) is 11.3 Å². The van der Waals surface area contributed by atoms with Gasteiger partial charge in [0.05, 0.1) is 7.11 Å². The molecule has 0 aliphatic rings. The van der Waals surface area contributed by atoms with Crippen molar-refractivity contribution < 1.29 is 4.74 Å². The Labute approximate surface area is 80.8 Å². The zero-order chi connectivity index (χ0) is 9.10. The van der Waals surface area contributed by atoms with Crippen LogP contribution in [0.25, 0.3) is 11.1 Å². The van der Waals surface area contributed by atoms with E-state index in [2.05, 4.69) is 11.1 Å². The number of nitrogens with zero attached hydrogens (tertiary/aromatic N) is 1. The number of thiophene rings is 1. The number of hydrogen-bond donors (Lipinski definition) is 0. The lowest BCUT2D eigenvalue weighted by Gasteiger charge is -2.00. The highest BCUT2D eigenvalue weighted by molar-refractivity contribution is 7.12. The fourth-order valence-electron chi connectivity index (χ4n) is 1.20. The van der Waals surface area contributed by atoms with Gasteiger partial charge in [0.1, 0.15) is 0 Å². The first-order valence-electron chi connectivity index (χ1n) is 3.93. The van der Waals surface area contributed by atoms with Crippen LogP contribution in [-0.2, 0) is 0 Å². The van der Waals surface area contributed by atoms with Crippen LogP contribution >= 0.6 is 11.3 Å². The molecule has 0 amide bonds. The molecule has 2 heterocycles.